The first-order valence-corrected chi connectivity index (χ1v) is 7.32. The number of hydrogen-bond acceptors (Lipinski definition) is 5. The number of anilines is 1. The highest BCUT2D eigenvalue weighted by Crippen LogP contribution is 2.14. The molecule has 1 saturated heterocycles. The predicted molar refractivity (Wildman–Crippen MR) is 76.9 cm³/mol. The number of aromatic nitrogens is 2. The molecule has 2 heterocycles. The van der Waals surface area contributed by atoms with Crippen LogP contribution in [0, 0.1) is 0 Å². The van der Waals surface area contributed by atoms with Crippen molar-refractivity contribution >= 4 is 5.69 Å². The van der Waals surface area contributed by atoms with E-state index in [1.165, 1.54) is 0 Å². The molecule has 114 valence electrons. The molecule has 1 aliphatic rings. The molecule has 1 aromatic heterocycles. The Kier molecular flexibility index (Phi) is 5.82. The highest BCUT2D eigenvalue weighted by atomic mass is 16.5. The second-order valence-corrected chi connectivity index (χ2v) is 5.22. The Morgan fingerprint density at radius 2 is 2.50 bits per heavy atom. The smallest absolute Gasteiger partial charge is 0.0945 e. The van der Waals surface area contributed by atoms with E-state index < -0.39 is 6.10 Å². The van der Waals surface area contributed by atoms with Gasteiger partial charge in [0.25, 0.3) is 0 Å². The van der Waals surface area contributed by atoms with E-state index in [4.69, 9.17) is 9.47 Å². The molecular formula is C14H25N3O3. The van der Waals surface area contributed by atoms with Crippen LogP contribution in [0.15, 0.2) is 6.20 Å². The molecule has 0 aromatic carbocycles. The minimum atomic E-state index is -0.527. The number of aryl methyl sites for hydroxylation is 2. The maximum atomic E-state index is 9.90. The number of hydrogen-bond donors (Lipinski definition) is 2. The number of ether oxygens (including phenoxy) is 2. The molecular weight excluding hydrogens is 258 g/mol. The van der Waals surface area contributed by atoms with Gasteiger partial charge in [-0.15, -0.1) is 0 Å². The highest BCUT2D eigenvalue weighted by Gasteiger charge is 2.16. The van der Waals surface area contributed by atoms with E-state index >= 15 is 0 Å². The largest absolute Gasteiger partial charge is 0.389 e. The van der Waals surface area contributed by atoms with Crippen LogP contribution < -0.4 is 5.32 Å². The Morgan fingerprint density at radius 3 is 3.20 bits per heavy atom. The van der Waals surface area contributed by atoms with Crippen LogP contribution in [-0.2, 0) is 22.9 Å². The number of nitrogens with zero attached hydrogens (tertiary/aromatic N) is 2. The van der Waals surface area contributed by atoms with E-state index in [2.05, 4.69) is 17.3 Å². The third kappa shape index (κ3) is 4.47. The molecule has 2 N–H and O–H groups in total. The molecule has 2 atom stereocenters. The first kappa shape index (κ1) is 15.3. The Bertz CT molecular complexity index is 402. The van der Waals surface area contributed by atoms with Crippen LogP contribution in [0.2, 0.25) is 0 Å². The van der Waals surface area contributed by atoms with Crippen molar-refractivity contribution in [3.05, 3.63) is 11.9 Å². The van der Waals surface area contributed by atoms with Gasteiger partial charge in [0.1, 0.15) is 0 Å². The van der Waals surface area contributed by atoms with Gasteiger partial charge >= 0.3 is 0 Å². The van der Waals surface area contributed by atoms with Gasteiger partial charge in [-0.25, -0.2) is 0 Å². The van der Waals surface area contributed by atoms with Gasteiger partial charge < -0.3 is 19.9 Å². The summed E-state index contributed by atoms with van der Waals surface area (Å²) in [7, 11) is 1.89. The van der Waals surface area contributed by atoms with Crippen LogP contribution in [0.1, 0.15) is 25.5 Å². The summed E-state index contributed by atoms with van der Waals surface area (Å²) in [4.78, 5) is 0. The van der Waals surface area contributed by atoms with Crippen molar-refractivity contribution in [2.75, 3.05) is 31.7 Å². The molecule has 1 fully saturated rings. The van der Waals surface area contributed by atoms with E-state index in [1.54, 1.807) is 4.68 Å². The van der Waals surface area contributed by atoms with Crippen molar-refractivity contribution in [3.63, 3.8) is 0 Å². The average Bonchev–Trinajstić information content (AvgIpc) is 3.05. The summed E-state index contributed by atoms with van der Waals surface area (Å²) in [6, 6.07) is 0. The highest BCUT2D eigenvalue weighted by molar-refractivity contribution is 5.46. The van der Waals surface area contributed by atoms with Crippen molar-refractivity contribution in [2.24, 2.45) is 7.05 Å². The SMILES string of the molecule is CCc1nn(C)cc1NCC(O)COCC1CCCO1. The second kappa shape index (κ2) is 7.61. The van der Waals surface area contributed by atoms with Gasteiger partial charge in [-0.3, -0.25) is 4.68 Å². The molecule has 0 radical (unpaired) electrons. The zero-order valence-corrected chi connectivity index (χ0v) is 12.3. The molecule has 0 aliphatic carbocycles. The van der Waals surface area contributed by atoms with E-state index in [1.807, 2.05) is 13.2 Å². The molecule has 0 bridgehead atoms. The Hall–Kier alpha value is -1.11. The molecule has 1 aromatic rings. The van der Waals surface area contributed by atoms with Crippen molar-refractivity contribution < 1.29 is 14.6 Å². The molecule has 2 unspecified atom stereocenters. The van der Waals surface area contributed by atoms with E-state index in [-0.39, 0.29) is 6.10 Å². The zero-order chi connectivity index (χ0) is 14.4. The van der Waals surface area contributed by atoms with Crippen molar-refractivity contribution in [2.45, 2.75) is 38.4 Å². The standard InChI is InChI=1S/C14H25N3O3/c1-3-13-14(8-17(2)16-13)15-7-11(18)9-19-10-12-5-4-6-20-12/h8,11-12,15,18H,3-7,9-10H2,1-2H3. The summed E-state index contributed by atoms with van der Waals surface area (Å²) in [6.07, 6.45) is 4.65. The average molecular weight is 283 g/mol. The summed E-state index contributed by atoms with van der Waals surface area (Å²) in [5.74, 6) is 0. The molecule has 0 spiro atoms. The van der Waals surface area contributed by atoms with Gasteiger partial charge in [-0.1, -0.05) is 6.92 Å². The van der Waals surface area contributed by atoms with Gasteiger partial charge in [0.2, 0.25) is 0 Å². The normalized spacial score (nSPS) is 20.2. The van der Waals surface area contributed by atoms with E-state index in [9.17, 15) is 5.11 Å². The molecule has 1 aliphatic heterocycles. The monoisotopic (exact) mass is 283 g/mol. The third-order valence-electron chi connectivity index (χ3n) is 3.41. The van der Waals surface area contributed by atoms with Gasteiger partial charge in [-0.2, -0.15) is 5.10 Å². The maximum absolute atomic E-state index is 9.90. The van der Waals surface area contributed by atoms with Crippen LogP contribution >= 0.6 is 0 Å². The summed E-state index contributed by atoms with van der Waals surface area (Å²) in [6.45, 7) is 4.26. The molecule has 0 saturated carbocycles. The lowest BCUT2D eigenvalue weighted by atomic mass is 10.2. The minimum absolute atomic E-state index is 0.208. The summed E-state index contributed by atoms with van der Waals surface area (Å²) >= 11 is 0. The molecule has 6 heteroatoms. The fourth-order valence-corrected chi connectivity index (χ4v) is 2.34. The fraction of sp³-hybridized carbons (Fsp3) is 0.786. The van der Waals surface area contributed by atoms with Gasteiger partial charge in [0, 0.05) is 26.4 Å². The zero-order valence-electron chi connectivity index (χ0n) is 12.3. The third-order valence-corrected chi connectivity index (χ3v) is 3.41. The lowest BCUT2D eigenvalue weighted by molar-refractivity contribution is -0.0137. The van der Waals surface area contributed by atoms with E-state index in [0.717, 1.165) is 37.3 Å². The van der Waals surface area contributed by atoms with Crippen LogP contribution in [0.5, 0.6) is 0 Å². The van der Waals surface area contributed by atoms with Crippen LogP contribution in [0.25, 0.3) is 0 Å². The van der Waals surface area contributed by atoms with Crippen molar-refractivity contribution in [3.8, 4) is 0 Å². The summed E-state index contributed by atoms with van der Waals surface area (Å²) < 4.78 is 12.7. The lowest BCUT2D eigenvalue weighted by Gasteiger charge is -2.15. The van der Waals surface area contributed by atoms with Crippen molar-refractivity contribution in [1.82, 2.24) is 9.78 Å². The number of aliphatic hydroxyl groups excluding tert-OH is 1. The molecule has 6 nitrogen and oxygen atoms in total. The Morgan fingerprint density at radius 1 is 1.65 bits per heavy atom. The summed E-state index contributed by atoms with van der Waals surface area (Å²) in [5.41, 5.74) is 1.99. The number of nitrogens with one attached hydrogen (secondary N) is 1. The first-order chi connectivity index (χ1) is 9.69. The molecule has 20 heavy (non-hydrogen) atoms. The van der Waals surface area contributed by atoms with Crippen LogP contribution in [-0.4, -0.2) is 53.5 Å². The second-order valence-electron chi connectivity index (χ2n) is 5.22. The first-order valence-electron chi connectivity index (χ1n) is 7.32. The maximum Gasteiger partial charge on any atom is 0.0945 e. The van der Waals surface area contributed by atoms with Gasteiger partial charge in [0.05, 0.1) is 36.8 Å². The predicted octanol–water partition coefficient (Wildman–Crippen LogP) is 0.951. The van der Waals surface area contributed by atoms with E-state index in [0.29, 0.717) is 19.8 Å². The summed E-state index contributed by atoms with van der Waals surface area (Å²) in [5, 5.41) is 17.5. The van der Waals surface area contributed by atoms with Crippen LogP contribution in [0.4, 0.5) is 5.69 Å². The van der Waals surface area contributed by atoms with Crippen molar-refractivity contribution in [1.29, 1.82) is 0 Å². The van der Waals surface area contributed by atoms with Crippen LogP contribution in [0.3, 0.4) is 0 Å². The molecule has 0 amide bonds. The van der Waals surface area contributed by atoms with Gasteiger partial charge in [0.15, 0.2) is 0 Å². The fourth-order valence-electron chi connectivity index (χ4n) is 2.34. The van der Waals surface area contributed by atoms with Gasteiger partial charge in [-0.05, 0) is 19.3 Å². The Labute approximate surface area is 120 Å². The molecule has 2 rings (SSSR count). The minimum Gasteiger partial charge on any atom is -0.389 e. The Balaban J connectivity index is 1.64. The number of rotatable bonds is 8. The topological polar surface area (TPSA) is 68.5 Å². The lowest BCUT2D eigenvalue weighted by Crippen LogP contribution is -2.27. The quantitative estimate of drug-likeness (QED) is 0.743. The number of aliphatic hydroxyl groups is 1.